The number of hydrogen-bond donors (Lipinski definition) is 1. The largest absolute Gasteiger partial charge is 0.589 e. The van der Waals surface area contributed by atoms with Crippen LogP contribution in [0, 0.1) is 5.21 Å². The fourth-order valence-corrected chi connectivity index (χ4v) is 0.245. The standard InChI is InChI=1S/C2H4N2O2/c5-4-2-1-3-6-4/h1,4H,2H2. The van der Waals surface area contributed by atoms with Crippen LogP contribution in [0.1, 0.15) is 0 Å². The van der Waals surface area contributed by atoms with Gasteiger partial charge in [0.1, 0.15) is 6.21 Å². The molecule has 0 radical (unpaired) electrons. The van der Waals surface area contributed by atoms with E-state index in [0.29, 0.717) is 6.54 Å². The van der Waals surface area contributed by atoms with Crippen molar-refractivity contribution in [3.05, 3.63) is 5.21 Å². The monoisotopic (exact) mass is 88.0 g/mol. The summed E-state index contributed by atoms with van der Waals surface area (Å²) in [6, 6.07) is 0. The highest BCUT2D eigenvalue weighted by molar-refractivity contribution is 5.57. The van der Waals surface area contributed by atoms with E-state index in [4.69, 9.17) is 0 Å². The van der Waals surface area contributed by atoms with Gasteiger partial charge in [0.25, 0.3) is 0 Å². The Morgan fingerprint density at radius 3 is 3.00 bits per heavy atom. The Labute approximate surface area is 34.5 Å². The molecular formula is C2H4N2O2. The molecule has 0 saturated heterocycles. The van der Waals surface area contributed by atoms with Crippen LogP contribution in [-0.4, -0.2) is 12.8 Å². The molecule has 4 heteroatoms. The van der Waals surface area contributed by atoms with Gasteiger partial charge >= 0.3 is 0 Å². The van der Waals surface area contributed by atoms with Crippen molar-refractivity contribution in [2.24, 2.45) is 5.16 Å². The summed E-state index contributed by atoms with van der Waals surface area (Å²) in [5, 5.41) is 12.8. The number of oxime groups is 1. The molecule has 0 spiro atoms. The summed E-state index contributed by atoms with van der Waals surface area (Å²) in [5.74, 6) is 0. The predicted octanol–water partition coefficient (Wildman–Crippen LogP) is -1.70. The first-order valence-corrected chi connectivity index (χ1v) is 1.61. The van der Waals surface area contributed by atoms with Crippen molar-refractivity contribution in [1.29, 1.82) is 0 Å². The van der Waals surface area contributed by atoms with Gasteiger partial charge in [-0.25, -0.2) is 0 Å². The quantitative estimate of drug-likeness (QED) is 0.359. The predicted molar refractivity (Wildman–Crippen MR) is 18.8 cm³/mol. The SMILES string of the molecule is [O-][NH+]1CC=NO1. The van der Waals surface area contributed by atoms with Gasteiger partial charge in [-0.2, -0.15) is 4.94 Å². The molecule has 34 valence electrons. The summed E-state index contributed by atoms with van der Waals surface area (Å²) in [4.78, 5) is 4.08. The van der Waals surface area contributed by atoms with Gasteiger partial charge in [0.05, 0.1) is 0 Å². The van der Waals surface area contributed by atoms with Crippen molar-refractivity contribution in [1.82, 2.24) is 0 Å². The molecule has 0 bridgehead atoms. The number of quaternary nitrogens is 1. The molecular weight excluding hydrogens is 84.0 g/mol. The molecule has 6 heavy (non-hydrogen) atoms. The molecule has 1 atom stereocenters. The summed E-state index contributed by atoms with van der Waals surface area (Å²) in [6.07, 6.45) is 1.43. The van der Waals surface area contributed by atoms with Crippen LogP contribution >= 0.6 is 0 Å². The maximum atomic E-state index is 9.90. The van der Waals surface area contributed by atoms with E-state index in [9.17, 15) is 5.21 Å². The minimum Gasteiger partial charge on any atom is -0.589 e. The average Bonchev–Trinajstić information content (AvgIpc) is 1.86. The third-order valence-electron chi connectivity index (χ3n) is 0.487. The smallest absolute Gasteiger partial charge is 0.157 e. The van der Waals surface area contributed by atoms with Crippen LogP contribution in [0.5, 0.6) is 0 Å². The molecule has 1 heterocycles. The number of hydroxylamine groups is 2. The lowest BCUT2D eigenvalue weighted by Crippen LogP contribution is -3.04. The Morgan fingerprint density at radius 2 is 2.83 bits per heavy atom. The van der Waals surface area contributed by atoms with Crippen LogP contribution in [-0.2, 0) is 4.94 Å². The van der Waals surface area contributed by atoms with Crippen molar-refractivity contribution in [2.75, 3.05) is 6.54 Å². The molecule has 0 aromatic carbocycles. The molecule has 4 nitrogen and oxygen atoms in total. The lowest BCUT2D eigenvalue weighted by atomic mass is 10.8. The fourth-order valence-electron chi connectivity index (χ4n) is 0.245. The van der Waals surface area contributed by atoms with E-state index in [-0.39, 0.29) is 5.23 Å². The molecule has 1 unspecified atom stereocenters. The highest BCUT2D eigenvalue weighted by Crippen LogP contribution is 1.63. The molecule has 0 aromatic rings. The number of nitrogens with zero attached hydrogens (tertiary/aromatic N) is 1. The number of rotatable bonds is 0. The summed E-state index contributed by atoms with van der Waals surface area (Å²) in [6.45, 7) is 0.333. The Morgan fingerprint density at radius 1 is 2.00 bits per heavy atom. The zero-order valence-corrected chi connectivity index (χ0v) is 3.05. The van der Waals surface area contributed by atoms with E-state index < -0.39 is 0 Å². The molecule has 0 aliphatic carbocycles. The second kappa shape index (κ2) is 1.24. The fraction of sp³-hybridized carbons (Fsp3) is 0.500. The minimum atomic E-state index is -0.269. The highest BCUT2D eigenvalue weighted by Gasteiger charge is 1.98. The number of nitrogens with one attached hydrogen (secondary N) is 1. The van der Waals surface area contributed by atoms with Gasteiger partial charge in [0.2, 0.25) is 0 Å². The summed E-state index contributed by atoms with van der Waals surface area (Å²) in [5.41, 5.74) is 0. The Hall–Kier alpha value is -0.610. The molecule has 0 saturated carbocycles. The van der Waals surface area contributed by atoms with Gasteiger partial charge in [-0.3, -0.25) is 0 Å². The molecule has 0 aromatic heterocycles. The van der Waals surface area contributed by atoms with E-state index >= 15 is 0 Å². The van der Waals surface area contributed by atoms with Crippen molar-refractivity contribution in [2.45, 2.75) is 0 Å². The van der Waals surface area contributed by atoms with Crippen LogP contribution in [0.25, 0.3) is 0 Å². The molecule has 1 N–H and O–H groups in total. The Bertz CT molecular complexity index is 63.9. The Balaban J connectivity index is 2.32. The van der Waals surface area contributed by atoms with Crippen LogP contribution < -0.4 is 5.23 Å². The summed E-state index contributed by atoms with van der Waals surface area (Å²) < 4.78 is 0. The van der Waals surface area contributed by atoms with Gasteiger partial charge in [0, 0.05) is 0 Å². The normalized spacial score (nSPS) is 30.5. The van der Waals surface area contributed by atoms with Crippen molar-refractivity contribution < 1.29 is 10.2 Å². The van der Waals surface area contributed by atoms with Gasteiger partial charge < -0.3 is 5.21 Å². The maximum absolute atomic E-state index is 9.90. The zero-order valence-electron chi connectivity index (χ0n) is 3.05. The first-order valence-electron chi connectivity index (χ1n) is 1.61. The molecule has 0 fully saturated rings. The Kier molecular flexibility index (Phi) is 0.736. The van der Waals surface area contributed by atoms with Crippen molar-refractivity contribution in [3.8, 4) is 0 Å². The minimum absolute atomic E-state index is 0.269. The molecule has 1 aliphatic heterocycles. The molecule has 1 rings (SSSR count). The second-order valence-electron chi connectivity index (χ2n) is 0.955. The third-order valence-corrected chi connectivity index (χ3v) is 0.487. The van der Waals surface area contributed by atoms with Gasteiger partial charge in [-0.15, -0.1) is 5.23 Å². The van der Waals surface area contributed by atoms with E-state index in [1.807, 2.05) is 0 Å². The summed E-state index contributed by atoms with van der Waals surface area (Å²) >= 11 is 0. The molecule has 0 amide bonds. The van der Waals surface area contributed by atoms with E-state index in [1.54, 1.807) is 0 Å². The first kappa shape index (κ1) is 3.58. The van der Waals surface area contributed by atoms with Crippen LogP contribution in [0.4, 0.5) is 0 Å². The highest BCUT2D eigenvalue weighted by atomic mass is 17.0. The lowest BCUT2D eigenvalue weighted by Gasteiger charge is -2.05. The molecule has 1 aliphatic rings. The topological polar surface area (TPSA) is 49.1 Å². The van der Waals surface area contributed by atoms with Gasteiger partial charge in [-0.05, 0) is 5.16 Å². The van der Waals surface area contributed by atoms with Crippen LogP contribution in [0.2, 0.25) is 0 Å². The van der Waals surface area contributed by atoms with Gasteiger partial charge in [0.15, 0.2) is 6.54 Å². The van der Waals surface area contributed by atoms with Crippen LogP contribution in [0.3, 0.4) is 0 Å². The average molecular weight is 88.1 g/mol. The van der Waals surface area contributed by atoms with E-state index in [2.05, 4.69) is 10.1 Å². The zero-order chi connectivity index (χ0) is 4.41. The lowest BCUT2D eigenvalue weighted by molar-refractivity contribution is -1.04. The second-order valence-corrected chi connectivity index (χ2v) is 0.955. The van der Waals surface area contributed by atoms with Gasteiger partial charge in [-0.1, -0.05) is 0 Å². The summed E-state index contributed by atoms with van der Waals surface area (Å²) in [7, 11) is 0. The van der Waals surface area contributed by atoms with E-state index in [1.165, 1.54) is 6.21 Å². The van der Waals surface area contributed by atoms with Crippen molar-refractivity contribution in [3.63, 3.8) is 0 Å². The number of hydrogen-bond acceptors (Lipinski definition) is 3. The maximum Gasteiger partial charge on any atom is 0.157 e. The van der Waals surface area contributed by atoms with Crippen LogP contribution in [0.15, 0.2) is 5.16 Å². The first-order chi connectivity index (χ1) is 2.89. The van der Waals surface area contributed by atoms with E-state index in [0.717, 1.165) is 0 Å². The third kappa shape index (κ3) is 0.474. The van der Waals surface area contributed by atoms with Crippen molar-refractivity contribution >= 4 is 6.21 Å².